The second kappa shape index (κ2) is 8.64. The average molecular weight is 371 g/mol. The zero-order valence-electron chi connectivity index (χ0n) is 15.6. The zero-order chi connectivity index (χ0) is 19.3. The highest BCUT2D eigenvalue weighted by Gasteiger charge is 2.42. The SMILES string of the molecule is CCNC(=NCc1cc(C)c(O)c(C)c1)NC1CCCC(C(F)(F)F)C1. The van der Waals surface area contributed by atoms with Gasteiger partial charge in [0, 0.05) is 12.6 Å². The minimum absolute atomic E-state index is 0.0886. The van der Waals surface area contributed by atoms with Gasteiger partial charge in [0.05, 0.1) is 12.5 Å². The first-order valence-corrected chi connectivity index (χ1v) is 9.11. The van der Waals surface area contributed by atoms with Crippen LogP contribution < -0.4 is 10.6 Å². The van der Waals surface area contributed by atoms with Crippen LogP contribution in [-0.2, 0) is 6.54 Å². The van der Waals surface area contributed by atoms with Crippen LogP contribution in [0.15, 0.2) is 17.1 Å². The predicted octanol–water partition coefficient (Wildman–Crippen LogP) is 4.19. The first-order valence-electron chi connectivity index (χ1n) is 9.11. The van der Waals surface area contributed by atoms with Gasteiger partial charge < -0.3 is 15.7 Å². The van der Waals surface area contributed by atoms with Crippen LogP contribution in [0.25, 0.3) is 0 Å². The summed E-state index contributed by atoms with van der Waals surface area (Å²) in [5, 5.41) is 16.1. The van der Waals surface area contributed by atoms with Crippen LogP contribution >= 0.6 is 0 Å². The summed E-state index contributed by atoms with van der Waals surface area (Å²) >= 11 is 0. The van der Waals surface area contributed by atoms with Crippen LogP contribution in [0.2, 0.25) is 0 Å². The van der Waals surface area contributed by atoms with E-state index in [4.69, 9.17) is 0 Å². The Balaban J connectivity index is 2.05. The third kappa shape index (κ3) is 5.54. The number of alkyl halides is 3. The Bertz CT molecular complexity index is 620. The summed E-state index contributed by atoms with van der Waals surface area (Å²) in [7, 11) is 0. The molecule has 1 aliphatic rings. The average Bonchev–Trinajstić information content (AvgIpc) is 2.57. The van der Waals surface area contributed by atoms with Gasteiger partial charge in [0.15, 0.2) is 5.96 Å². The number of aromatic hydroxyl groups is 1. The minimum Gasteiger partial charge on any atom is -0.507 e. The van der Waals surface area contributed by atoms with Crippen molar-refractivity contribution >= 4 is 5.96 Å². The van der Waals surface area contributed by atoms with Gasteiger partial charge in [-0.15, -0.1) is 0 Å². The molecule has 1 saturated carbocycles. The predicted molar refractivity (Wildman–Crippen MR) is 97.3 cm³/mol. The molecule has 2 rings (SSSR count). The van der Waals surface area contributed by atoms with Gasteiger partial charge in [0.1, 0.15) is 5.75 Å². The summed E-state index contributed by atoms with van der Waals surface area (Å²) in [5.74, 6) is -0.425. The third-order valence-electron chi connectivity index (χ3n) is 4.79. The van der Waals surface area contributed by atoms with Crippen molar-refractivity contribution in [3.63, 3.8) is 0 Å². The third-order valence-corrected chi connectivity index (χ3v) is 4.79. The first kappa shape index (κ1) is 20.4. The number of phenols is 1. The molecule has 2 unspecified atom stereocenters. The van der Waals surface area contributed by atoms with Gasteiger partial charge >= 0.3 is 6.18 Å². The minimum atomic E-state index is -4.13. The highest BCUT2D eigenvalue weighted by atomic mass is 19.4. The number of hydrogen-bond donors (Lipinski definition) is 3. The van der Waals surface area contributed by atoms with Crippen molar-refractivity contribution in [2.75, 3.05) is 6.54 Å². The largest absolute Gasteiger partial charge is 0.507 e. The van der Waals surface area contributed by atoms with E-state index in [0.717, 1.165) is 16.7 Å². The molecule has 0 radical (unpaired) electrons. The second-order valence-corrected chi connectivity index (χ2v) is 7.02. The molecule has 0 spiro atoms. The quantitative estimate of drug-likeness (QED) is 0.550. The van der Waals surface area contributed by atoms with Gasteiger partial charge in [-0.05, 0) is 56.7 Å². The lowest BCUT2D eigenvalue weighted by molar-refractivity contribution is -0.183. The van der Waals surface area contributed by atoms with Crippen LogP contribution in [0, 0.1) is 19.8 Å². The zero-order valence-corrected chi connectivity index (χ0v) is 15.6. The highest BCUT2D eigenvalue weighted by Crippen LogP contribution is 2.37. The number of aryl methyl sites for hydroxylation is 2. The van der Waals surface area contributed by atoms with Crippen LogP contribution in [-0.4, -0.2) is 29.8 Å². The van der Waals surface area contributed by atoms with E-state index >= 15 is 0 Å². The number of benzene rings is 1. The number of guanidine groups is 1. The molecule has 26 heavy (non-hydrogen) atoms. The molecule has 0 amide bonds. The Morgan fingerprint density at radius 2 is 1.88 bits per heavy atom. The van der Waals surface area contributed by atoms with Crippen molar-refractivity contribution in [1.82, 2.24) is 10.6 Å². The van der Waals surface area contributed by atoms with E-state index in [0.29, 0.717) is 31.9 Å². The Morgan fingerprint density at radius 3 is 2.46 bits per heavy atom. The molecule has 0 bridgehead atoms. The van der Waals surface area contributed by atoms with Gasteiger partial charge in [-0.3, -0.25) is 0 Å². The molecule has 2 atom stereocenters. The molecule has 1 fully saturated rings. The summed E-state index contributed by atoms with van der Waals surface area (Å²) in [6.45, 7) is 6.61. The van der Waals surface area contributed by atoms with Crippen LogP contribution in [0.1, 0.15) is 49.3 Å². The summed E-state index contributed by atoms with van der Waals surface area (Å²) < 4.78 is 39.0. The van der Waals surface area contributed by atoms with Crippen molar-refractivity contribution in [3.05, 3.63) is 28.8 Å². The summed E-state index contributed by atoms with van der Waals surface area (Å²) in [6, 6.07) is 3.52. The number of hydrogen-bond acceptors (Lipinski definition) is 2. The Labute approximate surface area is 152 Å². The Morgan fingerprint density at radius 1 is 1.23 bits per heavy atom. The fourth-order valence-corrected chi connectivity index (χ4v) is 3.44. The van der Waals surface area contributed by atoms with Crippen LogP contribution in [0.3, 0.4) is 0 Å². The maximum Gasteiger partial charge on any atom is 0.391 e. The Hall–Kier alpha value is -1.92. The molecule has 0 saturated heterocycles. The van der Waals surface area contributed by atoms with Crippen LogP contribution in [0.4, 0.5) is 13.2 Å². The molecule has 4 nitrogen and oxygen atoms in total. The number of nitrogens with zero attached hydrogens (tertiary/aromatic N) is 1. The normalized spacial score (nSPS) is 21.5. The lowest BCUT2D eigenvalue weighted by Crippen LogP contribution is -2.46. The standard InChI is InChI=1S/C19H28F3N3O/c1-4-23-18(24-11-14-8-12(2)17(26)13(3)9-14)25-16-7-5-6-15(10-16)19(20,21)22/h8-9,15-16,26H,4-7,10-11H2,1-3H3,(H2,23,24,25). The molecule has 0 heterocycles. The van der Waals surface area contributed by atoms with Gasteiger partial charge in [-0.25, -0.2) is 4.99 Å². The molecule has 0 aromatic heterocycles. The Kier molecular flexibility index (Phi) is 6.78. The van der Waals surface area contributed by atoms with E-state index in [1.807, 2.05) is 32.9 Å². The van der Waals surface area contributed by atoms with Crippen molar-refractivity contribution in [2.45, 2.75) is 65.2 Å². The van der Waals surface area contributed by atoms with Crippen molar-refractivity contribution < 1.29 is 18.3 Å². The first-order chi connectivity index (χ1) is 12.2. The lowest BCUT2D eigenvalue weighted by atomic mass is 9.85. The molecule has 3 N–H and O–H groups in total. The molecule has 1 aromatic rings. The number of halogens is 3. The molecule has 0 aliphatic heterocycles. The summed E-state index contributed by atoms with van der Waals surface area (Å²) in [6.07, 6.45) is -2.55. The van der Waals surface area contributed by atoms with Crippen molar-refractivity contribution in [3.8, 4) is 5.75 Å². The number of phenolic OH excluding ortho intramolecular Hbond substituents is 1. The molecule has 1 aliphatic carbocycles. The summed E-state index contributed by atoms with van der Waals surface area (Å²) in [5.41, 5.74) is 2.52. The fraction of sp³-hybridized carbons (Fsp3) is 0.632. The topological polar surface area (TPSA) is 56.7 Å². The number of rotatable bonds is 4. The van der Waals surface area contributed by atoms with E-state index in [9.17, 15) is 18.3 Å². The van der Waals surface area contributed by atoms with Gasteiger partial charge in [0.2, 0.25) is 0 Å². The lowest BCUT2D eigenvalue weighted by Gasteiger charge is -2.31. The summed E-state index contributed by atoms with van der Waals surface area (Å²) in [4.78, 5) is 4.51. The van der Waals surface area contributed by atoms with Crippen molar-refractivity contribution in [1.29, 1.82) is 0 Å². The smallest absolute Gasteiger partial charge is 0.391 e. The van der Waals surface area contributed by atoms with E-state index in [1.165, 1.54) is 0 Å². The van der Waals surface area contributed by atoms with E-state index in [2.05, 4.69) is 15.6 Å². The molecule has 1 aromatic carbocycles. The molecule has 7 heteroatoms. The van der Waals surface area contributed by atoms with Gasteiger partial charge in [0.25, 0.3) is 0 Å². The molecular weight excluding hydrogens is 343 g/mol. The monoisotopic (exact) mass is 371 g/mol. The fourth-order valence-electron chi connectivity index (χ4n) is 3.44. The van der Waals surface area contributed by atoms with Gasteiger partial charge in [-0.2, -0.15) is 13.2 Å². The number of nitrogens with one attached hydrogen (secondary N) is 2. The van der Waals surface area contributed by atoms with Crippen molar-refractivity contribution in [2.24, 2.45) is 10.9 Å². The number of aliphatic imine (C=N–C) groups is 1. The maximum atomic E-state index is 13.0. The van der Waals surface area contributed by atoms with Crippen LogP contribution in [0.5, 0.6) is 5.75 Å². The maximum absolute atomic E-state index is 13.0. The molecular formula is C19H28F3N3O. The van der Waals surface area contributed by atoms with E-state index < -0.39 is 12.1 Å². The van der Waals surface area contributed by atoms with E-state index in [-0.39, 0.29) is 24.6 Å². The second-order valence-electron chi connectivity index (χ2n) is 7.02. The molecule has 146 valence electrons. The van der Waals surface area contributed by atoms with Gasteiger partial charge in [-0.1, -0.05) is 18.6 Å². The van der Waals surface area contributed by atoms with E-state index in [1.54, 1.807) is 0 Å². The highest BCUT2D eigenvalue weighted by molar-refractivity contribution is 5.80.